The molecular weight excluding hydrogens is 326 g/mol. The van der Waals surface area contributed by atoms with Crippen LogP contribution in [0, 0.1) is 0 Å². The Labute approximate surface area is 124 Å². The van der Waals surface area contributed by atoms with Gasteiger partial charge in [-0.3, -0.25) is 4.79 Å². The van der Waals surface area contributed by atoms with Crippen LogP contribution in [0.4, 0.5) is 5.82 Å². The van der Waals surface area contributed by atoms with E-state index < -0.39 is 5.60 Å². The summed E-state index contributed by atoms with van der Waals surface area (Å²) >= 11 is 3.23. The molecule has 1 N–H and O–H groups in total. The highest BCUT2D eigenvalue weighted by atomic mass is 79.9. The Bertz CT molecular complexity index is 625. The summed E-state index contributed by atoms with van der Waals surface area (Å²) in [7, 11) is 1.48. The number of rotatable bonds is 4. The maximum Gasteiger partial charge on any atom is 0.257 e. The van der Waals surface area contributed by atoms with Crippen LogP contribution >= 0.6 is 15.9 Å². The molecule has 2 rings (SSSR count). The summed E-state index contributed by atoms with van der Waals surface area (Å²) in [6.45, 7) is 3.35. The van der Waals surface area contributed by atoms with Crippen molar-refractivity contribution in [2.24, 2.45) is 0 Å². The van der Waals surface area contributed by atoms with E-state index in [0.29, 0.717) is 21.9 Å². The van der Waals surface area contributed by atoms with Crippen LogP contribution in [0.2, 0.25) is 0 Å². The summed E-state index contributed by atoms with van der Waals surface area (Å²) in [6.07, 6.45) is 1.36. The fraction of sp³-hybridized carbons (Fsp3) is 0.308. The minimum Gasteiger partial charge on any atom is -0.448 e. The third-order valence-electron chi connectivity index (χ3n) is 2.79. The first-order valence-electron chi connectivity index (χ1n) is 5.87. The highest BCUT2D eigenvalue weighted by Gasteiger charge is 2.27. The zero-order chi connectivity index (χ0) is 14.8. The third-order valence-corrected chi connectivity index (χ3v) is 3.22. The van der Waals surface area contributed by atoms with Crippen molar-refractivity contribution in [1.82, 2.24) is 9.97 Å². The van der Waals surface area contributed by atoms with E-state index in [1.165, 1.54) is 13.4 Å². The summed E-state index contributed by atoms with van der Waals surface area (Å²) in [6, 6.07) is 5.18. The number of nitrogens with zero attached hydrogens (tertiary/aromatic N) is 2. The van der Waals surface area contributed by atoms with Gasteiger partial charge in [-0.1, -0.05) is 0 Å². The molecule has 1 amide bonds. The van der Waals surface area contributed by atoms with Crippen LogP contribution in [-0.4, -0.2) is 28.6 Å². The van der Waals surface area contributed by atoms with Crippen molar-refractivity contribution in [2.45, 2.75) is 19.4 Å². The second-order valence-electron chi connectivity index (χ2n) is 4.56. The molecule has 0 aliphatic heterocycles. The first kappa shape index (κ1) is 14.7. The van der Waals surface area contributed by atoms with Gasteiger partial charge >= 0.3 is 0 Å². The SMILES string of the molecule is COC(C)(C)C(=O)Nc1cc(-c2ccc(Br)o2)ncn1. The van der Waals surface area contributed by atoms with Crippen LogP contribution in [0.15, 0.2) is 33.6 Å². The first-order chi connectivity index (χ1) is 9.42. The number of amides is 1. The molecule has 0 aromatic carbocycles. The van der Waals surface area contributed by atoms with Crippen molar-refractivity contribution in [3.63, 3.8) is 0 Å². The Kier molecular flexibility index (Phi) is 4.20. The van der Waals surface area contributed by atoms with Gasteiger partial charge in [0, 0.05) is 13.2 Å². The summed E-state index contributed by atoms with van der Waals surface area (Å²) in [4.78, 5) is 20.1. The number of nitrogens with one attached hydrogen (secondary N) is 1. The van der Waals surface area contributed by atoms with Crippen molar-refractivity contribution in [3.05, 3.63) is 29.2 Å². The molecule has 2 aromatic rings. The van der Waals surface area contributed by atoms with E-state index in [1.807, 2.05) is 0 Å². The molecule has 0 bridgehead atoms. The predicted molar refractivity (Wildman–Crippen MR) is 77.2 cm³/mol. The molecule has 0 aliphatic carbocycles. The van der Waals surface area contributed by atoms with E-state index in [9.17, 15) is 4.79 Å². The molecule has 0 saturated heterocycles. The second-order valence-corrected chi connectivity index (χ2v) is 5.34. The molecule has 6 nitrogen and oxygen atoms in total. The summed E-state index contributed by atoms with van der Waals surface area (Å²) < 4.78 is 11.1. The Balaban J connectivity index is 2.21. The monoisotopic (exact) mass is 339 g/mol. The molecule has 0 unspecified atom stereocenters. The van der Waals surface area contributed by atoms with Crippen LogP contribution in [0.25, 0.3) is 11.5 Å². The van der Waals surface area contributed by atoms with Gasteiger partial charge in [0.2, 0.25) is 0 Å². The number of anilines is 1. The molecule has 7 heteroatoms. The summed E-state index contributed by atoms with van der Waals surface area (Å²) in [5.41, 5.74) is -0.352. The van der Waals surface area contributed by atoms with E-state index in [4.69, 9.17) is 9.15 Å². The van der Waals surface area contributed by atoms with Crippen molar-refractivity contribution >= 4 is 27.7 Å². The highest BCUT2D eigenvalue weighted by Crippen LogP contribution is 2.24. The van der Waals surface area contributed by atoms with E-state index in [0.717, 1.165) is 0 Å². The predicted octanol–water partition coefficient (Wildman–Crippen LogP) is 2.86. The quantitative estimate of drug-likeness (QED) is 0.926. The molecule has 0 radical (unpaired) electrons. The number of hydrogen-bond acceptors (Lipinski definition) is 5. The molecule has 2 heterocycles. The van der Waals surface area contributed by atoms with Gasteiger partial charge in [0.15, 0.2) is 10.4 Å². The Morgan fingerprint density at radius 3 is 2.75 bits per heavy atom. The number of methoxy groups -OCH3 is 1. The number of carbonyl (C=O) groups excluding carboxylic acids is 1. The molecule has 0 spiro atoms. The number of furan rings is 1. The number of halogens is 1. The van der Waals surface area contributed by atoms with Gasteiger partial charge in [0.1, 0.15) is 23.4 Å². The lowest BCUT2D eigenvalue weighted by Gasteiger charge is -2.21. The van der Waals surface area contributed by atoms with Gasteiger partial charge in [-0.05, 0) is 41.9 Å². The van der Waals surface area contributed by atoms with Crippen LogP contribution in [0.5, 0.6) is 0 Å². The molecule has 0 atom stereocenters. The number of carbonyl (C=O) groups is 1. The first-order valence-corrected chi connectivity index (χ1v) is 6.66. The van der Waals surface area contributed by atoms with Crippen LogP contribution in [0.3, 0.4) is 0 Å². The molecule has 0 aliphatic rings. The van der Waals surface area contributed by atoms with Crippen molar-refractivity contribution in [1.29, 1.82) is 0 Å². The maximum absolute atomic E-state index is 12.0. The van der Waals surface area contributed by atoms with Crippen molar-refractivity contribution < 1.29 is 13.9 Å². The van der Waals surface area contributed by atoms with Crippen molar-refractivity contribution in [3.8, 4) is 11.5 Å². The lowest BCUT2D eigenvalue weighted by Crippen LogP contribution is -2.39. The Morgan fingerprint density at radius 1 is 1.40 bits per heavy atom. The number of hydrogen-bond donors (Lipinski definition) is 1. The summed E-state index contributed by atoms with van der Waals surface area (Å²) in [5.74, 6) is 0.684. The van der Waals surface area contributed by atoms with Gasteiger partial charge in [-0.15, -0.1) is 0 Å². The zero-order valence-electron chi connectivity index (χ0n) is 11.3. The lowest BCUT2D eigenvalue weighted by molar-refractivity contribution is -0.133. The van der Waals surface area contributed by atoms with Crippen LogP contribution < -0.4 is 5.32 Å². The van der Waals surface area contributed by atoms with Gasteiger partial charge in [-0.25, -0.2) is 9.97 Å². The summed E-state index contributed by atoms with van der Waals surface area (Å²) in [5, 5.41) is 2.68. The van der Waals surface area contributed by atoms with Crippen LogP contribution in [-0.2, 0) is 9.53 Å². The van der Waals surface area contributed by atoms with Crippen LogP contribution in [0.1, 0.15) is 13.8 Å². The molecule has 106 valence electrons. The van der Waals surface area contributed by atoms with Gasteiger partial charge in [-0.2, -0.15) is 0 Å². The minimum absolute atomic E-state index is 0.287. The molecule has 0 fully saturated rings. The van der Waals surface area contributed by atoms with E-state index in [-0.39, 0.29) is 5.91 Å². The van der Waals surface area contributed by atoms with E-state index in [2.05, 4.69) is 31.2 Å². The third kappa shape index (κ3) is 3.23. The molecule has 2 aromatic heterocycles. The minimum atomic E-state index is -0.932. The Morgan fingerprint density at radius 2 is 2.15 bits per heavy atom. The fourth-order valence-electron chi connectivity index (χ4n) is 1.37. The largest absolute Gasteiger partial charge is 0.448 e. The Hall–Kier alpha value is -1.73. The molecule has 0 saturated carbocycles. The smallest absolute Gasteiger partial charge is 0.257 e. The van der Waals surface area contributed by atoms with Gasteiger partial charge < -0.3 is 14.5 Å². The van der Waals surface area contributed by atoms with E-state index >= 15 is 0 Å². The van der Waals surface area contributed by atoms with Gasteiger partial charge in [0.25, 0.3) is 5.91 Å². The number of ether oxygens (including phenoxy) is 1. The standard InChI is InChI=1S/C13H14BrN3O3/c1-13(2,19-3)12(18)17-11-6-8(15-7-16-11)9-4-5-10(14)20-9/h4-7H,1-3H3,(H,15,16,17,18). The maximum atomic E-state index is 12.0. The average molecular weight is 340 g/mol. The normalized spacial score (nSPS) is 11.4. The van der Waals surface area contributed by atoms with Gasteiger partial charge in [0.05, 0.1) is 0 Å². The average Bonchev–Trinajstić information content (AvgIpc) is 2.85. The van der Waals surface area contributed by atoms with Crippen molar-refractivity contribution in [2.75, 3.05) is 12.4 Å². The fourth-order valence-corrected chi connectivity index (χ4v) is 1.68. The highest BCUT2D eigenvalue weighted by molar-refractivity contribution is 9.10. The van der Waals surface area contributed by atoms with E-state index in [1.54, 1.807) is 32.0 Å². The molecule has 20 heavy (non-hydrogen) atoms. The topological polar surface area (TPSA) is 77.2 Å². The second kappa shape index (κ2) is 5.72. The number of aromatic nitrogens is 2. The zero-order valence-corrected chi connectivity index (χ0v) is 12.9. The molecular formula is C13H14BrN3O3. The lowest BCUT2D eigenvalue weighted by atomic mass is 10.1.